The molecule has 0 N–H and O–H groups in total. The Morgan fingerprint density at radius 3 is 2.52 bits per heavy atom. The van der Waals surface area contributed by atoms with E-state index in [1.165, 1.54) is 31.4 Å². The lowest BCUT2D eigenvalue weighted by molar-refractivity contribution is 0.0746. The van der Waals surface area contributed by atoms with E-state index in [1.54, 1.807) is 6.07 Å². The van der Waals surface area contributed by atoms with Crippen LogP contribution in [0, 0.1) is 0 Å². The zero-order chi connectivity index (χ0) is 15.5. The van der Waals surface area contributed by atoms with Crippen molar-refractivity contribution in [1.82, 2.24) is 10.2 Å². The minimum Gasteiger partial charge on any atom is -0.480 e. The zero-order valence-electron chi connectivity index (χ0n) is 10.7. The molecule has 0 bridgehead atoms. The van der Waals surface area contributed by atoms with Crippen molar-refractivity contribution in [2.24, 2.45) is 0 Å². The fourth-order valence-corrected chi connectivity index (χ4v) is 2.30. The van der Waals surface area contributed by atoms with Crippen molar-refractivity contribution in [2.75, 3.05) is 7.11 Å². The third-order valence-corrected chi connectivity index (χ3v) is 3.66. The molecule has 0 aliphatic rings. The fraction of sp³-hybridized carbons (Fsp3) is 0.0833. The first-order valence-electron chi connectivity index (χ1n) is 5.54. The second-order valence-electron chi connectivity index (χ2n) is 3.75. The molecule has 0 fully saturated rings. The summed E-state index contributed by atoms with van der Waals surface area (Å²) in [5, 5.41) is 6.70. The van der Waals surface area contributed by atoms with Gasteiger partial charge >= 0.3 is 16.1 Å². The van der Waals surface area contributed by atoms with E-state index in [9.17, 15) is 13.2 Å². The molecule has 21 heavy (non-hydrogen) atoms. The summed E-state index contributed by atoms with van der Waals surface area (Å²) in [4.78, 5) is 11.8. The Bertz CT molecular complexity index is 761. The van der Waals surface area contributed by atoms with Crippen LogP contribution in [0.2, 0.25) is 5.02 Å². The maximum Gasteiger partial charge on any atom is 0.361 e. The number of benzene rings is 1. The number of hydrogen-bond donors (Lipinski definition) is 0. The van der Waals surface area contributed by atoms with Gasteiger partial charge in [0, 0.05) is 11.1 Å². The van der Waals surface area contributed by atoms with Gasteiger partial charge in [-0.15, -0.1) is 10.2 Å². The Morgan fingerprint density at radius 1 is 1.19 bits per heavy atom. The summed E-state index contributed by atoms with van der Waals surface area (Å²) < 4.78 is 33.0. The van der Waals surface area contributed by atoms with Gasteiger partial charge in [-0.05, 0) is 24.3 Å². The van der Waals surface area contributed by atoms with Crippen LogP contribution in [0.3, 0.4) is 0 Å². The summed E-state index contributed by atoms with van der Waals surface area (Å²) in [6, 6.07) is 8.11. The summed E-state index contributed by atoms with van der Waals surface area (Å²) in [6.07, 6.45) is 0. The van der Waals surface area contributed by atoms with Crippen LogP contribution in [0.4, 0.5) is 0 Å². The van der Waals surface area contributed by atoms with Crippen LogP contribution in [0.5, 0.6) is 5.88 Å². The second kappa shape index (κ2) is 6.06. The molecular formula is C12H9ClN2O5S. The number of methoxy groups -OCH3 is 1. The molecular weight excluding hydrogens is 320 g/mol. The maximum absolute atomic E-state index is 11.9. The van der Waals surface area contributed by atoms with Gasteiger partial charge in [0.2, 0.25) is 10.9 Å². The van der Waals surface area contributed by atoms with Crippen LogP contribution >= 0.6 is 11.6 Å². The topological polar surface area (TPSA) is 95.5 Å². The lowest BCUT2D eigenvalue weighted by atomic mass is 10.2. The van der Waals surface area contributed by atoms with Crippen LogP contribution in [-0.2, 0) is 14.3 Å². The summed E-state index contributed by atoms with van der Waals surface area (Å²) >= 11 is 5.72. The minimum atomic E-state index is -4.37. The number of nitrogens with zero attached hydrogens (tertiary/aromatic N) is 2. The van der Waals surface area contributed by atoms with Crippen LogP contribution in [0.15, 0.2) is 41.4 Å². The number of carbonyl (C=O) groups is 1. The minimum absolute atomic E-state index is 0.00699. The molecule has 9 heteroatoms. The smallest absolute Gasteiger partial charge is 0.361 e. The van der Waals surface area contributed by atoms with Gasteiger partial charge < -0.3 is 8.92 Å². The molecule has 0 spiro atoms. The number of ether oxygens (including phenoxy) is 1. The Morgan fingerprint density at radius 2 is 1.95 bits per heavy atom. The van der Waals surface area contributed by atoms with Gasteiger partial charge in [0.25, 0.3) is 0 Å². The van der Waals surface area contributed by atoms with E-state index in [4.69, 9.17) is 16.3 Å². The van der Waals surface area contributed by atoms with Gasteiger partial charge in [-0.3, -0.25) is 0 Å². The highest BCUT2D eigenvalue weighted by atomic mass is 35.5. The van der Waals surface area contributed by atoms with Crippen molar-refractivity contribution in [3.05, 3.63) is 47.0 Å². The molecule has 2 rings (SSSR count). The molecule has 2 aromatic rings. The highest BCUT2D eigenvalue weighted by molar-refractivity contribution is 7.87. The average Bonchev–Trinajstić information content (AvgIpc) is 2.47. The Hall–Kier alpha value is -2.19. The third-order valence-electron chi connectivity index (χ3n) is 2.33. The highest BCUT2D eigenvalue weighted by Crippen LogP contribution is 2.16. The molecule has 0 aliphatic heterocycles. The number of halogens is 1. The zero-order valence-corrected chi connectivity index (χ0v) is 12.3. The Balaban J connectivity index is 2.22. The van der Waals surface area contributed by atoms with Gasteiger partial charge in [-0.25, -0.2) is 4.79 Å². The van der Waals surface area contributed by atoms with E-state index in [-0.39, 0.29) is 16.5 Å². The van der Waals surface area contributed by atoms with Crippen molar-refractivity contribution in [1.29, 1.82) is 0 Å². The summed E-state index contributed by atoms with van der Waals surface area (Å²) in [5.41, 5.74) is 0.00699. The number of carbonyl (C=O) groups excluding carboxylic acids is 1. The van der Waals surface area contributed by atoms with E-state index in [1.807, 2.05) is 0 Å². The Kier molecular flexibility index (Phi) is 4.39. The first-order valence-corrected chi connectivity index (χ1v) is 7.33. The predicted octanol–water partition coefficient (Wildman–Crippen LogP) is 1.68. The van der Waals surface area contributed by atoms with Crippen molar-refractivity contribution in [3.8, 4) is 5.88 Å². The van der Waals surface area contributed by atoms with Crippen LogP contribution in [-0.4, -0.2) is 31.7 Å². The molecule has 110 valence electrons. The normalized spacial score (nSPS) is 11.0. The summed E-state index contributed by atoms with van der Waals surface area (Å²) in [7, 11) is -3.01. The monoisotopic (exact) mass is 328 g/mol. The van der Waals surface area contributed by atoms with E-state index >= 15 is 0 Å². The molecule has 1 aromatic heterocycles. The fourth-order valence-electron chi connectivity index (χ4n) is 1.36. The molecule has 0 unspecified atom stereocenters. The second-order valence-corrected chi connectivity index (χ2v) is 5.68. The lowest BCUT2D eigenvalue weighted by Gasteiger charge is -2.05. The Labute approximate surface area is 125 Å². The standard InChI is InChI=1S/C12H9ClN2O5S/c1-19-10-5-6-11(15-14-10)21(17,18)20-12(16)8-3-2-4-9(13)7-8/h2-7H,1H3. The van der Waals surface area contributed by atoms with Crippen LogP contribution in [0.25, 0.3) is 0 Å². The van der Waals surface area contributed by atoms with Crippen molar-refractivity contribution in [2.45, 2.75) is 5.03 Å². The molecule has 0 saturated carbocycles. The van der Waals surface area contributed by atoms with Crippen molar-refractivity contribution < 1.29 is 22.1 Å². The van der Waals surface area contributed by atoms with E-state index in [2.05, 4.69) is 14.4 Å². The molecule has 1 heterocycles. The molecule has 7 nitrogen and oxygen atoms in total. The maximum atomic E-state index is 11.9. The summed E-state index contributed by atoms with van der Waals surface area (Å²) in [6.45, 7) is 0. The molecule has 0 atom stereocenters. The van der Waals surface area contributed by atoms with Crippen LogP contribution < -0.4 is 4.74 Å². The highest BCUT2D eigenvalue weighted by Gasteiger charge is 2.23. The quantitative estimate of drug-likeness (QED) is 0.788. The number of aromatic nitrogens is 2. The van der Waals surface area contributed by atoms with E-state index < -0.39 is 21.1 Å². The number of rotatable bonds is 4. The molecule has 1 aromatic carbocycles. The van der Waals surface area contributed by atoms with Gasteiger partial charge in [-0.1, -0.05) is 17.7 Å². The first-order chi connectivity index (χ1) is 9.92. The number of hydrogen-bond acceptors (Lipinski definition) is 7. The summed E-state index contributed by atoms with van der Waals surface area (Å²) in [5.74, 6) is -0.926. The SMILES string of the molecule is COc1ccc(S(=O)(=O)OC(=O)c2cccc(Cl)c2)nn1. The first kappa shape index (κ1) is 15.2. The molecule has 0 saturated heterocycles. The molecule has 0 radical (unpaired) electrons. The van der Waals surface area contributed by atoms with Crippen molar-refractivity contribution >= 4 is 27.7 Å². The van der Waals surface area contributed by atoms with Crippen molar-refractivity contribution in [3.63, 3.8) is 0 Å². The largest absolute Gasteiger partial charge is 0.480 e. The van der Waals surface area contributed by atoms with Crippen LogP contribution in [0.1, 0.15) is 10.4 Å². The average molecular weight is 329 g/mol. The molecule has 0 aliphatic carbocycles. The van der Waals surface area contributed by atoms with Gasteiger partial charge in [0.05, 0.1) is 12.7 Å². The van der Waals surface area contributed by atoms with Gasteiger partial charge in [0.1, 0.15) is 0 Å². The van der Waals surface area contributed by atoms with E-state index in [0.717, 1.165) is 6.07 Å². The molecule has 0 amide bonds. The van der Waals surface area contributed by atoms with Gasteiger partial charge in [-0.2, -0.15) is 8.42 Å². The lowest BCUT2D eigenvalue weighted by Crippen LogP contribution is -2.15. The van der Waals surface area contributed by atoms with Gasteiger partial charge in [0.15, 0.2) is 0 Å². The third kappa shape index (κ3) is 3.67. The predicted molar refractivity (Wildman–Crippen MR) is 72.6 cm³/mol. The van der Waals surface area contributed by atoms with E-state index in [0.29, 0.717) is 0 Å².